The second-order valence-electron chi connectivity index (χ2n) is 6.50. The summed E-state index contributed by atoms with van der Waals surface area (Å²) in [6.07, 6.45) is 0. The maximum Gasteiger partial charge on any atom is 0.335 e. The summed E-state index contributed by atoms with van der Waals surface area (Å²) in [5.41, 5.74) is 4.10. The summed E-state index contributed by atoms with van der Waals surface area (Å²) in [7, 11) is 0. The third kappa shape index (κ3) is 3.38. The number of hydrogen-bond donors (Lipinski definition) is 4. The quantitative estimate of drug-likeness (QED) is 0.669. The van der Waals surface area contributed by atoms with Gasteiger partial charge in [0.15, 0.2) is 5.82 Å². The topological polar surface area (TPSA) is 100 Å². The lowest BCUT2D eigenvalue weighted by atomic mass is 10.0. The third-order valence-electron chi connectivity index (χ3n) is 4.17. The van der Waals surface area contributed by atoms with Crippen molar-refractivity contribution in [1.82, 2.24) is 20.5 Å². The molecule has 1 aliphatic rings. The number of anilines is 1. The lowest BCUT2D eigenvalue weighted by Gasteiger charge is -2.21. The Labute approximate surface area is 150 Å². The molecule has 9 heteroatoms. The van der Waals surface area contributed by atoms with Gasteiger partial charge in [-0.3, -0.25) is 4.79 Å². The Morgan fingerprint density at radius 1 is 1.31 bits per heavy atom. The average Bonchev–Trinajstić information content (AvgIpc) is 3.07. The molecule has 0 aliphatic carbocycles. The molecule has 8 nitrogen and oxygen atoms in total. The fourth-order valence-electron chi connectivity index (χ4n) is 2.91. The molecule has 0 spiro atoms. The van der Waals surface area contributed by atoms with Crippen LogP contribution in [0, 0.1) is 5.82 Å². The van der Waals surface area contributed by atoms with Crippen LogP contribution in [-0.4, -0.2) is 28.4 Å². The minimum absolute atomic E-state index is 0.316. The van der Waals surface area contributed by atoms with E-state index in [0.29, 0.717) is 24.5 Å². The molecule has 0 saturated heterocycles. The Morgan fingerprint density at radius 3 is 2.65 bits per heavy atom. The van der Waals surface area contributed by atoms with Gasteiger partial charge in [-0.2, -0.15) is 4.79 Å². The summed E-state index contributed by atoms with van der Waals surface area (Å²) < 4.78 is 13.0. The number of amides is 3. The monoisotopic (exact) mass is 360 g/mol. The van der Waals surface area contributed by atoms with Crippen molar-refractivity contribution in [3.8, 4) is 0 Å². The van der Waals surface area contributed by atoms with E-state index >= 15 is 0 Å². The van der Waals surface area contributed by atoms with Gasteiger partial charge in [0.25, 0.3) is 5.91 Å². The van der Waals surface area contributed by atoms with Crippen molar-refractivity contribution in [2.75, 3.05) is 17.3 Å². The normalized spacial score (nSPS) is 14.6. The van der Waals surface area contributed by atoms with Gasteiger partial charge in [0, 0.05) is 24.2 Å². The van der Waals surface area contributed by atoms with Crippen molar-refractivity contribution >= 4 is 17.8 Å². The van der Waals surface area contributed by atoms with Crippen LogP contribution in [0.15, 0.2) is 24.3 Å². The molecule has 0 radical (unpaired) electrons. The number of carbonyl (C=O) groups excluding carboxylic acids is 2. The number of hydrogen-bond acceptors (Lipinski definition) is 4. The standard InChI is InChI=1S/C17H21FN6O2/c1-4-19-16(26)23-24-13-12(9-20-17(13,2)3)14(22-24)21-15(25)10-5-7-11(18)8-6-10/h5-8,20H,4,9H2,1-3H3,(H2,19,23,26)(H,21,22,25). The van der Waals surface area contributed by atoms with Crippen molar-refractivity contribution in [2.45, 2.75) is 32.9 Å². The number of carbonyl (C=O) groups is 2. The number of benzene rings is 1. The van der Waals surface area contributed by atoms with E-state index in [-0.39, 0.29) is 0 Å². The van der Waals surface area contributed by atoms with Gasteiger partial charge in [-0.25, -0.2) is 14.6 Å². The van der Waals surface area contributed by atoms with Gasteiger partial charge in [0.2, 0.25) is 0 Å². The summed E-state index contributed by atoms with van der Waals surface area (Å²) >= 11 is 0. The van der Waals surface area contributed by atoms with Gasteiger partial charge in [-0.05, 0) is 45.0 Å². The lowest BCUT2D eigenvalue weighted by molar-refractivity contribution is 0.102. The maximum absolute atomic E-state index is 13.0. The second kappa shape index (κ2) is 6.75. The Bertz CT molecular complexity index is 844. The Morgan fingerprint density at radius 2 is 2.00 bits per heavy atom. The van der Waals surface area contributed by atoms with Gasteiger partial charge in [-0.1, -0.05) is 0 Å². The Balaban J connectivity index is 1.89. The first kappa shape index (κ1) is 17.9. The molecular formula is C17H21FN6O2. The van der Waals surface area contributed by atoms with Gasteiger partial charge in [0.05, 0.1) is 11.2 Å². The summed E-state index contributed by atoms with van der Waals surface area (Å²) in [5.74, 6) is -0.465. The molecule has 3 amide bonds. The van der Waals surface area contributed by atoms with E-state index in [2.05, 4.69) is 26.5 Å². The molecule has 2 aromatic rings. The average molecular weight is 360 g/mol. The van der Waals surface area contributed by atoms with E-state index in [1.165, 1.54) is 29.1 Å². The van der Waals surface area contributed by atoms with Crippen molar-refractivity contribution in [1.29, 1.82) is 0 Å². The van der Waals surface area contributed by atoms with E-state index in [4.69, 9.17) is 0 Å². The van der Waals surface area contributed by atoms with Crippen molar-refractivity contribution < 1.29 is 14.0 Å². The largest absolute Gasteiger partial charge is 0.337 e. The molecule has 0 fully saturated rings. The number of rotatable bonds is 4. The second-order valence-corrected chi connectivity index (χ2v) is 6.50. The van der Waals surface area contributed by atoms with Crippen LogP contribution in [0.1, 0.15) is 42.4 Å². The molecular weight excluding hydrogens is 339 g/mol. The molecule has 1 aliphatic heterocycles. The minimum atomic E-state index is -0.430. The van der Waals surface area contributed by atoms with Gasteiger partial charge in [0.1, 0.15) is 5.82 Å². The molecule has 3 rings (SSSR count). The van der Waals surface area contributed by atoms with E-state index < -0.39 is 23.3 Å². The molecule has 1 aromatic carbocycles. The van der Waals surface area contributed by atoms with Gasteiger partial charge in [-0.15, -0.1) is 5.10 Å². The molecule has 1 aromatic heterocycles. The number of aromatic nitrogens is 2. The SMILES string of the molecule is CCNC(=O)Nn1nc(NC(=O)c2ccc(F)cc2)c2c1C(C)(C)NC2. The molecule has 0 atom stereocenters. The van der Waals surface area contributed by atoms with Crippen molar-refractivity contribution in [2.24, 2.45) is 0 Å². The van der Waals surface area contributed by atoms with Crippen LogP contribution in [0.25, 0.3) is 0 Å². The minimum Gasteiger partial charge on any atom is -0.337 e. The molecule has 2 heterocycles. The van der Waals surface area contributed by atoms with Crippen LogP contribution >= 0.6 is 0 Å². The van der Waals surface area contributed by atoms with Crippen LogP contribution < -0.4 is 21.4 Å². The highest BCUT2D eigenvalue weighted by Gasteiger charge is 2.37. The highest BCUT2D eigenvalue weighted by Crippen LogP contribution is 2.34. The van der Waals surface area contributed by atoms with Crippen LogP contribution in [0.5, 0.6) is 0 Å². The third-order valence-corrected chi connectivity index (χ3v) is 4.17. The number of urea groups is 1. The maximum atomic E-state index is 13.0. The molecule has 138 valence electrons. The summed E-state index contributed by atoms with van der Waals surface area (Å²) in [5, 5.41) is 13.0. The molecule has 26 heavy (non-hydrogen) atoms. The summed E-state index contributed by atoms with van der Waals surface area (Å²) in [4.78, 5) is 25.7. The Kier molecular flexibility index (Phi) is 4.64. The van der Waals surface area contributed by atoms with E-state index in [1.54, 1.807) is 0 Å². The highest BCUT2D eigenvalue weighted by atomic mass is 19.1. The van der Waals surface area contributed by atoms with Gasteiger partial charge >= 0.3 is 6.03 Å². The summed E-state index contributed by atoms with van der Waals surface area (Å²) in [6, 6.07) is 4.85. The zero-order chi connectivity index (χ0) is 18.9. The van der Waals surface area contributed by atoms with E-state index in [0.717, 1.165) is 11.3 Å². The number of nitrogens with zero attached hydrogens (tertiary/aromatic N) is 2. The predicted octanol–water partition coefficient (Wildman–Crippen LogP) is 1.89. The lowest BCUT2D eigenvalue weighted by Crippen LogP contribution is -2.39. The Hall–Kier alpha value is -2.94. The first-order chi connectivity index (χ1) is 12.3. The zero-order valence-corrected chi connectivity index (χ0v) is 14.8. The highest BCUT2D eigenvalue weighted by molar-refractivity contribution is 6.04. The molecule has 0 saturated carbocycles. The van der Waals surface area contributed by atoms with Gasteiger partial charge < -0.3 is 16.0 Å². The van der Waals surface area contributed by atoms with Crippen LogP contribution in [0.2, 0.25) is 0 Å². The molecule has 4 N–H and O–H groups in total. The van der Waals surface area contributed by atoms with E-state index in [1.807, 2.05) is 20.8 Å². The van der Waals surface area contributed by atoms with Crippen molar-refractivity contribution in [3.63, 3.8) is 0 Å². The fourth-order valence-corrected chi connectivity index (χ4v) is 2.91. The first-order valence-corrected chi connectivity index (χ1v) is 8.31. The number of fused-ring (bicyclic) bond motifs is 1. The van der Waals surface area contributed by atoms with E-state index in [9.17, 15) is 14.0 Å². The molecule has 0 unspecified atom stereocenters. The predicted molar refractivity (Wildman–Crippen MR) is 94.9 cm³/mol. The number of nitrogens with one attached hydrogen (secondary N) is 4. The molecule has 0 bridgehead atoms. The van der Waals surface area contributed by atoms with Crippen LogP contribution in [0.4, 0.5) is 15.0 Å². The first-order valence-electron chi connectivity index (χ1n) is 8.31. The summed E-state index contributed by atoms with van der Waals surface area (Å²) in [6.45, 7) is 6.71. The van der Waals surface area contributed by atoms with Crippen LogP contribution in [0.3, 0.4) is 0 Å². The zero-order valence-electron chi connectivity index (χ0n) is 14.8. The smallest absolute Gasteiger partial charge is 0.335 e. The number of halogens is 1. The fraction of sp³-hybridized carbons (Fsp3) is 0.353. The van der Waals surface area contributed by atoms with Crippen molar-refractivity contribution in [3.05, 3.63) is 46.9 Å². The van der Waals surface area contributed by atoms with Crippen LogP contribution in [-0.2, 0) is 12.1 Å².